The van der Waals surface area contributed by atoms with Crippen molar-refractivity contribution in [2.24, 2.45) is 9.98 Å². The fourth-order valence-corrected chi connectivity index (χ4v) is 5.20. The van der Waals surface area contributed by atoms with E-state index in [1.807, 2.05) is 73.1 Å². The van der Waals surface area contributed by atoms with Crippen LogP contribution in [0.3, 0.4) is 0 Å². The standard InChI is InChI=1S/C36H44N2O2/c39-35-25-31-19-13-11-17-29(31)23-33(35)27-37-21-15-9-7-5-3-1-2-4-6-8-10-16-22-38-28-34-24-30-18-12-14-20-32(30)26-36(34)40/h11-14,17-20,23-28,39-40H,1-10,15-16,21-22H2. The molecule has 4 aromatic rings. The molecule has 0 fully saturated rings. The molecule has 4 nitrogen and oxygen atoms in total. The van der Waals surface area contributed by atoms with E-state index in [4.69, 9.17) is 0 Å². The average molecular weight is 537 g/mol. The molecule has 0 aromatic heterocycles. The van der Waals surface area contributed by atoms with E-state index in [2.05, 4.69) is 22.1 Å². The summed E-state index contributed by atoms with van der Waals surface area (Å²) in [5, 5.41) is 24.8. The highest BCUT2D eigenvalue weighted by atomic mass is 16.3. The van der Waals surface area contributed by atoms with Crippen LogP contribution in [0.25, 0.3) is 21.5 Å². The maximum Gasteiger partial charge on any atom is 0.124 e. The van der Waals surface area contributed by atoms with Crippen LogP contribution in [0.1, 0.15) is 88.2 Å². The largest absolute Gasteiger partial charge is 0.507 e. The monoisotopic (exact) mass is 536 g/mol. The molecule has 0 amide bonds. The zero-order chi connectivity index (χ0) is 27.8. The van der Waals surface area contributed by atoms with Crippen LogP contribution in [0.15, 0.2) is 82.8 Å². The Morgan fingerprint density at radius 3 is 1.07 bits per heavy atom. The quantitative estimate of drug-likeness (QED) is 0.104. The molecular weight excluding hydrogens is 492 g/mol. The minimum atomic E-state index is 0.298. The van der Waals surface area contributed by atoms with Gasteiger partial charge in [-0.3, -0.25) is 9.98 Å². The van der Waals surface area contributed by atoms with E-state index in [9.17, 15) is 10.2 Å². The van der Waals surface area contributed by atoms with Gasteiger partial charge in [-0.1, -0.05) is 113 Å². The molecule has 0 aliphatic rings. The second-order valence-corrected chi connectivity index (χ2v) is 10.8. The van der Waals surface area contributed by atoms with Gasteiger partial charge in [-0.15, -0.1) is 0 Å². The minimum absolute atomic E-state index is 0.298. The first-order valence-electron chi connectivity index (χ1n) is 15.1. The smallest absolute Gasteiger partial charge is 0.124 e. The number of fused-ring (bicyclic) bond motifs is 2. The summed E-state index contributed by atoms with van der Waals surface area (Å²) in [4.78, 5) is 9.07. The number of phenolic OH excluding ortho intramolecular Hbond substituents is 2. The second-order valence-electron chi connectivity index (χ2n) is 10.8. The zero-order valence-corrected chi connectivity index (χ0v) is 23.8. The summed E-state index contributed by atoms with van der Waals surface area (Å²) in [6.45, 7) is 1.65. The summed E-state index contributed by atoms with van der Waals surface area (Å²) in [5.74, 6) is 0.595. The molecule has 4 aromatic carbocycles. The molecule has 0 bridgehead atoms. The lowest BCUT2D eigenvalue weighted by Gasteiger charge is -2.04. The number of hydrogen-bond donors (Lipinski definition) is 2. The average Bonchev–Trinajstić information content (AvgIpc) is 2.96. The van der Waals surface area contributed by atoms with Gasteiger partial charge in [-0.2, -0.15) is 0 Å². The lowest BCUT2D eigenvalue weighted by Crippen LogP contribution is -1.88. The van der Waals surface area contributed by atoms with Crippen molar-refractivity contribution in [1.82, 2.24) is 0 Å². The Labute approximate surface area is 239 Å². The van der Waals surface area contributed by atoms with Crippen molar-refractivity contribution < 1.29 is 10.2 Å². The topological polar surface area (TPSA) is 65.2 Å². The molecule has 0 aliphatic heterocycles. The first kappa shape index (κ1) is 29.3. The van der Waals surface area contributed by atoms with Gasteiger partial charge in [0.1, 0.15) is 11.5 Å². The van der Waals surface area contributed by atoms with Crippen LogP contribution in [0, 0.1) is 0 Å². The predicted molar refractivity (Wildman–Crippen MR) is 172 cm³/mol. The van der Waals surface area contributed by atoms with Crippen LogP contribution in [0.2, 0.25) is 0 Å². The first-order valence-corrected chi connectivity index (χ1v) is 15.1. The Balaban J connectivity index is 0.946. The van der Waals surface area contributed by atoms with Crippen molar-refractivity contribution in [1.29, 1.82) is 0 Å². The second kappa shape index (κ2) is 16.4. The fourth-order valence-electron chi connectivity index (χ4n) is 5.20. The van der Waals surface area contributed by atoms with Crippen molar-refractivity contribution in [3.63, 3.8) is 0 Å². The van der Waals surface area contributed by atoms with Gasteiger partial charge in [0.25, 0.3) is 0 Å². The van der Waals surface area contributed by atoms with Crippen LogP contribution >= 0.6 is 0 Å². The Morgan fingerprint density at radius 2 is 0.725 bits per heavy atom. The number of unbranched alkanes of at least 4 members (excludes halogenated alkanes) is 11. The fraction of sp³-hybridized carbons (Fsp3) is 0.389. The number of aliphatic imine (C=N–C) groups is 2. The Kier molecular flexibility index (Phi) is 12.1. The molecule has 0 heterocycles. The van der Waals surface area contributed by atoms with Crippen LogP contribution in [0.4, 0.5) is 0 Å². The van der Waals surface area contributed by atoms with Gasteiger partial charge in [-0.05, 0) is 58.7 Å². The predicted octanol–water partition coefficient (Wildman–Crippen LogP) is 9.62. The van der Waals surface area contributed by atoms with Gasteiger partial charge < -0.3 is 10.2 Å². The van der Waals surface area contributed by atoms with E-state index in [-0.39, 0.29) is 0 Å². The lowest BCUT2D eigenvalue weighted by atomic mass is 10.1. The van der Waals surface area contributed by atoms with Crippen molar-refractivity contribution in [3.8, 4) is 11.5 Å². The number of phenols is 2. The molecule has 0 saturated carbocycles. The lowest BCUT2D eigenvalue weighted by molar-refractivity contribution is 0.474. The number of aromatic hydroxyl groups is 2. The van der Waals surface area contributed by atoms with E-state index in [1.165, 1.54) is 64.2 Å². The van der Waals surface area contributed by atoms with Crippen molar-refractivity contribution in [2.45, 2.75) is 77.0 Å². The summed E-state index contributed by atoms with van der Waals surface area (Å²) in [5.41, 5.74) is 1.59. The Bertz CT molecular complexity index is 1290. The molecule has 0 atom stereocenters. The molecule has 0 radical (unpaired) electrons. The maximum absolute atomic E-state index is 10.2. The zero-order valence-electron chi connectivity index (χ0n) is 23.8. The number of hydrogen-bond acceptors (Lipinski definition) is 4. The summed E-state index contributed by atoms with van der Waals surface area (Å²) in [6.07, 6.45) is 18.9. The van der Waals surface area contributed by atoms with Crippen LogP contribution in [0.5, 0.6) is 11.5 Å². The normalized spacial score (nSPS) is 11.9. The maximum atomic E-state index is 10.2. The first-order chi connectivity index (χ1) is 19.7. The SMILES string of the molecule is Oc1cc2ccccc2cc1C=NCCCCCCCCCCCCCCN=Cc1cc2ccccc2cc1O. The molecule has 0 unspecified atom stereocenters. The van der Waals surface area contributed by atoms with Crippen LogP contribution in [-0.2, 0) is 0 Å². The highest BCUT2D eigenvalue weighted by molar-refractivity contribution is 5.94. The molecule has 40 heavy (non-hydrogen) atoms. The van der Waals surface area contributed by atoms with E-state index in [0.29, 0.717) is 11.5 Å². The number of nitrogens with zero attached hydrogens (tertiary/aromatic N) is 2. The van der Waals surface area contributed by atoms with Gasteiger partial charge >= 0.3 is 0 Å². The van der Waals surface area contributed by atoms with Gasteiger partial charge in [0.05, 0.1) is 0 Å². The number of rotatable bonds is 17. The van der Waals surface area contributed by atoms with Gasteiger partial charge in [0.15, 0.2) is 0 Å². The van der Waals surface area contributed by atoms with Crippen LogP contribution < -0.4 is 0 Å². The van der Waals surface area contributed by atoms with Gasteiger partial charge in [0, 0.05) is 36.6 Å². The van der Waals surface area contributed by atoms with Crippen LogP contribution in [-0.4, -0.2) is 35.7 Å². The van der Waals surface area contributed by atoms with Crippen molar-refractivity contribution >= 4 is 34.0 Å². The minimum Gasteiger partial charge on any atom is -0.507 e. The van der Waals surface area contributed by atoms with Gasteiger partial charge in [0.2, 0.25) is 0 Å². The molecule has 210 valence electrons. The van der Waals surface area contributed by atoms with E-state index in [1.54, 1.807) is 0 Å². The highest BCUT2D eigenvalue weighted by Crippen LogP contribution is 2.25. The molecule has 4 rings (SSSR count). The molecule has 4 heteroatoms. The van der Waals surface area contributed by atoms with E-state index >= 15 is 0 Å². The van der Waals surface area contributed by atoms with Crippen molar-refractivity contribution in [2.75, 3.05) is 13.1 Å². The number of benzene rings is 4. The molecule has 0 saturated heterocycles. The third-order valence-electron chi connectivity index (χ3n) is 7.58. The molecular formula is C36H44N2O2. The van der Waals surface area contributed by atoms with E-state index < -0.39 is 0 Å². The summed E-state index contributed by atoms with van der Waals surface area (Å²) < 4.78 is 0. The Hall–Kier alpha value is -3.66. The Morgan fingerprint density at radius 1 is 0.425 bits per heavy atom. The highest BCUT2D eigenvalue weighted by Gasteiger charge is 2.02. The third-order valence-corrected chi connectivity index (χ3v) is 7.58. The summed E-state index contributed by atoms with van der Waals surface area (Å²) in [6, 6.07) is 23.8. The summed E-state index contributed by atoms with van der Waals surface area (Å²) in [7, 11) is 0. The third kappa shape index (κ3) is 9.51. The molecule has 2 N–H and O–H groups in total. The van der Waals surface area contributed by atoms with Crippen molar-refractivity contribution in [3.05, 3.63) is 83.9 Å². The van der Waals surface area contributed by atoms with Gasteiger partial charge in [-0.25, -0.2) is 0 Å². The summed E-state index contributed by atoms with van der Waals surface area (Å²) >= 11 is 0. The molecule has 0 aliphatic carbocycles. The van der Waals surface area contributed by atoms with E-state index in [0.717, 1.165) is 58.6 Å². The molecule has 0 spiro atoms.